The van der Waals surface area contributed by atoms with Gasteiger partial charge in [-0.2, -0.15) is 0 Å². The molecule has 2 aromatic carbocycles. The van der Waals surface area contributed by atoms with Crippen LogP contribution in [0.25, 0.3) is 0 Å². The lowest BCUT2D eigenvalue weighted by atomic mass is 10.1. The summed E-state index contributed by atoms with van der Waals surface area (Å²) in [5.74, 6) is -0.193. The van der Waals surface area contributed by atoms with E-state index in [2.05, 4.69) is 5.32 Å². The van der Waals surface area contributed by atoms with Crippen LogP contribution in [-0.2, 0) is 14.3 Å². The predicted molar refractivity (Wildman–Crippen MR) is 137 cm³/mol. The van der Waals surface area contributed by atoms with Crippen molar-refractivity contribution in [3.8, 4) is 5.75 Å². The van der Waals surface area contributed by atoms with E-state index in [1.165, 1.54) is 4.90 Å². The summed E-state index contributed by atoms with van der Waals surface area (Å²) in [7, 11) is 0. The van der Waals surface area contributed by atoms with Crippen LogP contribution in [0.5, 0.6) is 5.75 Å². The fourth-order valence-electron chi connectivity index (χ4n) is 4.00. The van der Waals surface area contributed by atoms with Crippen molar-refractivity contribution >= 4 is 46.5 Å². The minimum atomic E-state index is -0.674. The third kappa shape index (κ3) is 5.62. The highest BCUT2D eigenvalue weighted by Crippen LogP contribution is 2.37. The van der Waals surface area contributed by atoms with Crippen molar-refractivity contribution in [1.29, 1.82) is 0 Å². The number of carbonyl (C=O) groups excluding carboxylic acids is 3. The van der Waals surface area contributed by atoms with Gasteiger partial charge in [0.2, 0.25) is 5.91 Å². The molecule has 0 aromatic heterocycles. The number of amides is 2. The smallest absolute Gasteiger partial charge is 0.338 e. The third-order valence-electron chi connectivity index (χ3n) is 5.82. The number of ether oxygens (including phenoxy) is 2. The Bertz CT molecular complexity index is 1100. The zero-order valence-electron chi connectivity index (χ0n) is 19.9. The Kier molecular flexibility index (Phi) is 7.65. The minimum absolute atomic E-state index is 0.0129. The number of esters is 1. The highest BCUT2D eigenvalue weighted by molar-refractivity contribution is 7.80. The van der Waals surface area contributed by atoms with Gasteiger partial charge in [-0.25, -0.2) is 4.79 Å². The fourth-order valence-corrected chi connectivity index (χ4v) is 4.47. The molecular weight excluding hydrogens is 466 g/mol. The first-order valence-electron chi connectivity index (χ1n) is 11.9. The molecule has 8 nitrogen and oxygen atoms in total. The Labute approximate surface area is 210 Å². The first kappa shape index (κ1) is 24.7. The monoisotopic (exact) mass is 495 g/mol. The van der Waals surface area contributed by atoms with Crippen molar-refractivity contribution in [2.24, 2.45) is 0 Å². The van der Waals surface area contributed by atoms with Gasteiger partial charge in [0.1, 0.15) is 11.8 Å². The molecule has 2 amide bonds. The molecule has 2 aliphatic rings. The topological polar surface area (TPSA) is 88.2 Å². The van der Waals surface area contributed by atoms with Crippen molar-refractivity contribution < 1.29 is 23.9 Å². The van der Waals surface area contributed by atoms with Crippen molar-refractivity contribution in [3.63, 3.8) is 0 Å². The van der Waals surface area contributed by atoms with Crippen LogP contribution in [0.15, 0.2) is 48.5 Å². The molecule has 1 saturated carbocycles. The zero-order chi connectivity index (χ0) is 24.9. The van der Waals surface area contributed by atoms with Crippen LogP contribution in [0.2, 0.25) is 0 Å². The van der Waals surface area contributed by atoms with Gasteiger partial charge in [-0.3, -0.25) is 14.5 Å². The van der Waals surface area contributed by atoms with Gasteiger partial charge in [0.25, 0.3) is 5.91 Å². The summed E-state index contributed by atoms with van der Waals surface area (Å²) in [6, 6.07) is 13.2. The average Bonchev–Trinajstić information content (AvgIpc) is 3.65. The van der Waals surface area contributed by atoms with Crippen molar-refractivity contribution in [1.82, 2.24) is 4.90 Å². The van der Waals surface area contributed by atoms with Gasteiger partial charge in [-0.15, -0.1) is 0 Å². The number of hydrogen-bond donors (Lipinski definition) is 1. The average molecular weight is 496 g/mol. The first-order chi connectivity index (χ1) is 16.9. The van der Waals surface area contributed by atoms with Gasteiger partial charge in [0, 0.05) is 11.7 Å². The molecule has 1 heterocycles. The van der Waals surface area contributed by atoms with Crippen LogP contribution in [0, 0.1) is 0 Å². The van der Waals surface area contributed by atoms with Crippen molar-refractivity contribution in [2.45, 2.75) is 51.6 Å². The molecule has 9 heteroatoms. The SMILES string of the molecule is CCCOc1ccc(NC(=O)C[C@@H]2C(=O)N(c3ccc(C(=O)OCC)cc3)C(=S)N2C2CC2)cc1. The Morgan fingerprint density at radius 3 is 2.34 bits per heavy atom. The molecule has 2 aromatic rings. The van der Waals surface area contributed by atoms with E-state index in [-0.39, 0.29) is 30.9 Å². The van der Waals surface area contributed by atoms with Gasteiger partial charge < -0.3 is 19.7 Å². The lowest BCUT2D eigenvalue weighted by Crippen LogP contribution is -2.39. The largest absolute Gasteiger partial charge is 0.494 e. The number of hydrogen-bond acceptors (Lipinski definition) is 6. The molecule has 4 rings (SSSR count). The van der Waals surface area contributed by atoms with Crippen LogP contribution < -0.4 is 15.0 Å². The first-order valence-corrected chi connectivity index (χ1v) is 12.3. The number of thiocarbonyl (C=S) groups is 1. The van der Waals surface area contributed by atoms with Crippen LogP contribution in [0.3, 0.4) is 0 Å². The lowest BCUT2D eigenvalue weighted by molar-refractivity contribution is -0.124. The van der Waals surface area contributed by atoms with E-state index in [9.17, 15) is 14.4 Å². The number of carbonyl (C=O) groups is 3. The van der Waals surface area contributed by atoms with Crippen LogP contribution in [0.4, 0.5) is 11.4 Å². The van der Waals surface area contributed by atoms with Gasteiger partial charge >= 0.3 is 5.97 Å². The highest BCUT2D eigenvalue weighted by Gasteiger charge is 2.49. The highest BCUT2D eigenvalue weighted by atomic mass is 32.1. The summed E-state index contributed by atoms with van der Waals surface area (Å²) in [5, 5.41) is 3.25. The summed E-state index contributed by atoms with van der Waals surface area (Å²) in [6.07, 6.45) is 2.77. The second-order valence-electron chi connectivity index (χ2n) is 8.50. The molecule has 0 radical (unpaired) electrons. The molecule has 2 fully saturated rings. The van der Waals surface area contributed by atoms with E-state index in [1.54, 1.807) is 55.5 Å². The van der Waals surface area contributed by atoms with Gasteiger partial charge in [0.15, 0.2) is 5.11 Å². The minimum Gasteiger partial charge on any atom is -0.494 e. The maximum Gasteiger partial charge on any atom is 0.338 e. The molecule has 184 valence electrons. The Morgan fingerprint density at radius 2 is 1.74 bits per heavy atom. The summed E-state index contributed by atoms with van der Waals surface area (Å²) < 4.78 is 10.6. The maximum atomic E-state index is 13.4. The zero-order valence-corrected chi connectivity index (χ0v) is 20.7. The quantitative estimate of drug-likeness (QED) is 0.391. The number of nitrogens with zero attached hydrogens (tertiary/aromatic N) is 2. The number of nitrogens with one attached hydrogen (secondary N) is 1. The molecule has 1 N–H and O–H groups in total. The van der Waals surface area contributed by atoms with E-state index in [0.29, 0.717) is 28.7 Å². The molecule has 0 bridgehead atoms. The Hall–Kier alpha value is -3.46. The van der Waals surface area contributed by atoms with Crippen LogP contribution in [-0.4, -0.2) is 53.1 Å². The van der Waals surface area contributed by atoms with Crippen molar-refractivity contribution in [2.75, 3.05) is 23.4 Å². The molecule has 35 heavy (non-hydrogen) atoms. The fraction of sp³-hybridized carbons (Fsp3) is 0.385. The van der Waals surface area contributed by atoms with Gasteiger partial charge in [-0.05, 0) is 86.9 Å². The Balaban J connectivity index is 1.45. The van der Waals surface area contributed by atoms with E-state index in [4.69, 9.17) is 21.7 Å². The van der Waals surface area contributed by atoms with E-state index in [1.807, 2.05) is 11.8 Å². The van der Waals surface area contributed by atoms with Gasteiger partial charge in [-0.1, -0.05) is 6.92 Å². The number of benzene rings is 2. The predicted octanol–water partition coefficient (Wildman–Crippen LogP) is 4.15. The van der Waals surface area contributed by atoms with Gasteiger partial charge in [0.05, 0.1) is 30.9 Å². The van der Waals surface area contributed by atoms with Crippen LogP contribution >= 0.6 is 12.2 Å². The molecule has 1 aliphatic heterocycles. The molecule has 1 aliphatic carbocycles. The molecule has 1 atom stereocenters. The van der Waals surface area contributed by atoms with Crippen LogP contribution in [0.1, 0.15) is 49.9 Å². The second-order valence-corrected chi connectivity index (χ2v) is 8.87. The summed E-state index contributed by atoms with van der Waals surface area (Å²) in [5.41, 5.74) is 1.59. The molecule has 0 unspecified atom stereocenters. The lowest BCUT2D eigenvalue weighted by Gasteiger charge is -2.23. The van der Waals surface area contributed by atoms with E-state index < -0.39 is 12.0 Å². The van der Waals surface area contributed by atoms with E-state index in [0.717, 1.165) is 25.0 Å². The number of anilines is 2. The number of rotatable bonds is 10. The molecular formula is C26H29N3O5S. The normalized spacial score (nSPS) is 17.5. The van der Waals surface area contributed by atoms with E-state index >= 15 is 0 Å². The summed E-state index contributed by atoms with van der Waals surface area (Å²) in [6.45, 7) is 4.70. The molecule has 1 saturated heterocycles. The third-order valence-corrected chi connectivity index (χ3v) is 6.21. The second kappa shape index (κ2) is 10.9. The Morgan fingerprint density at radius 1 is 1.06 bits per heavy atom. The summed E-state index contributed by atoms with van der Waals surface area (Å²) in [4.78, 5) is 41.6. The molecule has 0 spiro atoms. The maximum absolute atomic E-state index is 13.4. The standard InChI is InChI=1S/C26H29N3O5S/c1-3-15-34-21-13-7-18(8-14-21)27-23(30)16-22-24(31)29(26(35)28(22)19-11-12-19)20-9-5-17(6-10-20)25(32)33-4-2/h5-10,13-14,19,22H,3-4,11-12,15-16H2,1-2H3,(H,27,30)/t22-/m1/s1. The summed E-state index contributed by atoms with van der Waals surface area (Å²) >= 11 is 5.67. The van der Waals surface area contributed by atoms with Crippen molar-refractivity contribution in [3.05, 3.63) is 54.1 Å².